The van der Waals surface area contributed by atoms with Crippen LogP contribution in [0.25, 0.3) is 0 Å². The quantitative estimate of drug-likeness (QED) is 0.737. The van der Waals surface area contributed by atoms with Gasteiger partial charge in [0.1, 0.15) is 18.5 Å². The number of hydrogen-bond acceptors (Lipinski definition) is 6. The molecule has 2 saturated heterocycles. The number of nitrogens with zero attached hydrogens (tertiary/aromatic N) is 3. The lowest BCUT2D eigenvalue weighted by Crippen LogP contribution is -2.36. The van der Waals surface area contributed by atoms with Crippen LogP contribution in [0.1, 0.15) is 12.8 Å². The first-order valence-electron chi connectivity index (χ1n) is 8.99. The van der Waals surface area contributed by atoms with E-state index in [2.05, 4.69) is 5.32 Å². The fourth-order valence-corrected chi connectivity index (χ4v) is 3.31. The maximum absolute atomic E-state index is 14.7. The Bertz CT molecular complexity index is 826. The molecule has 1 aromatic carbocycles. The van der Waals surface area contributed by atoms with Crippen molar-refractivity contribution in [2.45, 2.75) is 18.9 Å². The van der Waals surface area contributed by atoms with Crippen molar-refractivity contribution in [1.82, 2.24) is 5.32 Å². The molecule has 2 heterocycles. The largest absolute Gasteiger partial charge is 0.442 e. The van der Waals surface area contributed by atoms with Crippen LogP contribution in [0.4, 0.5) is 20.6 Å². The summed E-state index contributed by atoms with van der Waals surface area (Å²) in [5.74, 6) is -0.991. The Morgan fingerprint density at radius 1 is 1.43 bits per heavy atom. The molecule has 9 heteroatoms. The summed E-state index contributed by atoms with van der Waals surface area (Å²) in [6, 6.07) is 6.62. The van der Waals surface area contributed by atoms with E-state index in [1.807, 2.05) is 11.0 Å². The average molecular weight is 388 g/mol. The highest BCUT2D eigenvalue weighted by molar-refractivity contribution is 5.90. The number of halogens is 1. The lowest BCUT2D eigenvalue weighted by atomic mass is 10.0. The lowest BCUT2D eigenvalue weighted by Gasteiger charge is -2.30. The summed E-state index contributed by atoms with van der Waals surface area (Å²) in [5.41, 5.74) is 1.90. The third-order valence-electron chi connectivity index (χ3n) is 4.80. The molecule has 0 aromatic heterocycles. The third-order valence-corrected chi connectivity index (χ3v) is 4.80. The second kappa shape index (κ2) is 8.71. The summed E-state index contributed by atoms with van der Waals surface area (Å²) >= 11 is 0. The monoisotopic (exact) mass is 388 g/mol. The van der Waals surface area contributed by atoms with E-state index in [1.165, 1.54) is 11.0 Å². The normalized spacial score (nSPS) is 19.2. The van der Waals surface area contributed by atoms with E-state index >= 15 is 0 Å². The molecule has 0 saturated carbocycles. The summed E-state index contributed by atoms with van der Waals surface area (Å²) in [6.07, 6.45) is 1.80. The number of piperidine rings is 1. The molecule has 3 rings (SSSR count). The molecule has 0 bridgehead atoms. The average Bonchev–Trinajstić information content (AvgIpc) is 3.07. The second-order valence-corrected chi connectivity index (χ2v) is 6.63. The standard InChI is InChI=1S/C19H21FN4O4/c20-16-9-14(24-11-15(28-19(24)27)10-22-18(26)12-25)1-2-17(16)23-7-4-13(3-6-21)5-8-23/h1-3,9,15,25H,4-5,7-8,10-12H2,(H,22,26). The van der Waals surface area contributed by atoms with Gasteiger partial charge in [-0.3, -0.25) is 9.69 Å². The Morgan fingerprint density at radius 3 is 2.82 bits per heavy atom. The van der Waals surface area contributed by atoms with Crippen molar-refractivity contribution in [2.24, 2.45) is 0 Å². The first-order valence-corrected chi connectivity index (χ1v) is 8.99. The zero-order chi connectivity index (χ0) is 20.1. The van der Waals surface area contributed by atoms with Crippen molar-refractivity contribution in [3.8, 4) is 6.07 Å². The second-order valence-electron chi connectivity index (χ2n) is 6.63. The highest BCUT2D eigenvalue weighted by Gasteiger charge is 2.33. The Kier molecular flexibility index (Phi) is 6.11. The first kappa shape index (κ1) is 19.6. The number of aliphatic hydroxyl groups excluding tert-OH is 1. The van der Waals surface area contributed by atoms with Crippen LogP contribution >= 0.6 is 0 Å². The number of cyclic esters (lactones) is 1. The van der Waals surface area contributed by atoms with Crippen molar-refractivity contribution in [3.05, 3.63) is 35.7 Å². The molecule has 148 valence electrons. The van der Waals surface area contributed by atoms with Gasteiger partial charge in [0, 0.05) is 19.2 Å². The van der Waals surface area contributed by atoms with E-state index in [4.69, 9.17) is 15.1 Å². The zero-order valence-corrected chi connectivity index (χ0v) is 15.2. The lowest BCUT2D eigenvalue weighted by molar-refractivity contribution is -0.124. The van der Waals surface area contributed by atoms with Crippen molar-refractivity contribution in [3.63, 3.8) is 0 Å². The summed E-state index contributed by atoms with van der Waals surface area (Å²) in [7, 11) is 0. The highest BCUT2D eigenvalue weighted by Crippen LogP contribution is 2.30. The van der Waals surface area contributed by atoms with Gasteiger partial charge in [-0.1, -0.05) is 5.57 Å². The first-order chi connectivity index (χ1) is 13.5. The minimum Gasteiger partial charge on any atom is -0.442 e. The molecule has 0 spiro atoms. The van der Waals surface area contributed by atoms with Gasteiger partial charge in [-0.2, -0.15) is 5.26 Å². The third kappa shape index (κ3) is 4.40. The molecule has 1 atom stereocenters. The summed E-state index contributed by atoms with van der Waals surface area (Å²) in [6.45, 7) is 0.871. The van der Waals surface area contributed by atoms with Crippen molar-refractivity contribution < 1.29 is 23.8 Å². The van der Waals surface area contributed by atoms with Gasteiger partial charge >= 0.3 is 6.09 Å². The van der Waals surface area contributed by atoms with E-state index in [9.17, 15) is 14.0 Å². The van der Waals surface area contributed by atoms with Gasteiger partial charge in [0.25, 0.3) is 0 Å². The predicted octanol–water partition coefficient (Wildman–Crippen LogP) is 1.31. The number of ether oxygens (including phenoxy) is 1. The van der Waals surface area contributed by atoms with Gasteiger partial charge in [-0.15, -0.1) is 0 Å². The van der Waals surface area contributed by atoms with Crippen molar-refractivity contribution >= 4 is 23.4 Å². The minimum atomic E-state index is -0.638. The Labute approximate surface area is 161 Å². The fourth-order valence-electron chi connectivity index (χ4n) is 3.31. The van der Waals surface area contributed by atoms with Gasteiger partial charge in [0.05, 0.1) is 30.5 Å². The fraction of sp³-hybridized carbons (Fsp3) is 0.421. The minimum absolute atomic E-state index is 0.0779. The molecule has 2 N–H and O–H groups in total. The summed E-state index contributed by atoms with van der Waals surface area (Å²) in [4.78, 5) is 26.4. The molecular weight excluding hydrogens is 367 g/mol. The molecular formula is C19H21FN4O4. The van der Waals surface area contributed by atoms with Gasteiger partial charge in [0.15, 0.2) is 0 Å². The van der Waals surface area contributed by atoms with Crippen LogP contribution in [0.2, 0.25) is 0 Å². The molecule has 2 fully saturated rings. The number of rotatable bonds is 5. The molecule has 1 unspecified atom stereocenters. The van der Waals surface area contributed by atoms with E-state index in [0.717, 1.165) is 5.57 Å². The number of nitrogens with one attached hydrogen (secondary N) is 1. The topological polar surface area (TPSA) is 106 Å². The molecule has 0 radical (unpaired) electrons. The SMILES string of the molecule is N#CC=C1CCN(c2ccc(N3CC(CNC(=O)CO)OC3=O)cc2F)CC1. The van der Waals surface area contributed by atoms with Gasteiger partial charge < -0.3 is 20.1 Å². The number of aliphatic hydroxyl groups is 1. The van der Waals surface area contributed by atoms with Crippen LogP contribution in [0.5, 0.6) is 0 Å². The number of benzene rings is 1. The zero-order valence-electron chi connectivity index (χ0n) is 15.2. The molecule has 28 heavy (non-hydrogen) atoms. The number of amides is 2. The molecule has 2 aliphatic heterocycles. The summed E-state index contributed by atoms with van der Waals surface area (Å²) in [5, 5.41) is 19.9. The van der Waals surface area contributed by atoms with Crippen LogP contribution in [-0.4, -0.2) is 56.0 Å². The number of anilines is 2. The van der Waals surface area contributed by atoms with Crippen LogP contribution in [0.3, 0.4) is 0 Å². The van der Waals surface area contributed by atoms with Crippen LogP contribution in [-0.2, 0) is 9.53 Å². The van der Waals surface area contributed by atoms with Crippen LogP contribution in [0, 0.1) is 17.1 Å². The van der Waals surface area contributed by atoms with E-state index < -0.39 is 30.5 Å². The summed E-state index contributed by atoms with van der Waals surface area (Å²) < 4.78 is 19.9. The van der Waals surface area contributed by atoms with E-state index in [-0.39, 0.29) is 13.1 Å². The Morgan fingerprint density at radius 2 is 2.18 bits per heavy atom. The predicted molar refractivity (Wildman–Crippen MR) is 99.3 cm³/mol. The van der Waals surface area contributed by atoms with E-state index in [1.54, 1.807) is 18.2 Å². The molecule has 0 aliphatic carbocycles. The van der Waals surface area contributed by atoms with Gasteiger partial charge in [-0.25, -0.2) is 9.18 Å². The number of hydrogen-bond donors (Lipinski definition) is 2. The van der Waals surface area contributed by atoms with Crippen molar-refractivity contribution in [2.75, 3.05) is 42.6 Å². The number of nitriles is 1. The molecule has 2 aliphatic rings. The Balaban J connectivity index is 1.64. The van der Waals surface area contributed by atoms with E-state index in [0.29, 0.717) is 37.3 Å². The van der Waals surface area contributed by atoms with Crippen molar-refractivity contribution in [1.29, 1.82) is 5.26 Å². The van der Waals surface area contributed by atoms with Gasteiger partial charge in [-0.05, 0) is 31.0 Å². The number of carbonyl (C=O) groups excluding carboxylic acids is 2. The maximum Gasteiger partial charge on any atom is 0.414 e. The number of carbonyl (C=O) groups is 2. The highest BCUT2D eigenvalue weighted by atomic mass is 19.1. The molecule has 8 nitrogen and oxygen atoms in total. The molecule has 2 amide bonds. The maximum atomic E-state index is 14.7. The number of allylic oxidation sites excluding steroid dienone is 1. The van der Waals surface area contributed by atoms with Crippen LogP contribution < -0.4 is 15.1 Å². The smallest absolute Gasteiger partial charge is 0.414 e. The molecule has 1 aromatic rings. The van der Waals surface area contributed by atoms with Gasteiger partial charge in [0.2, 0.25) is 5.91 Å². The van der Waals surface area contributed by atoms with Crippen LogP contribution in [0.15, 0.2) is 29.8 Å². The Hall–Kier alpha value is -3.12.